The molecule has 0 aliphatic carbocycles. The van der Waals surface area contributed by atoms with E-state index >= 15 is 0 Å². The van der Waals surface area contributed by atoms with Crippen molar-refractivity contribution >= 4 is 22.2 Å². The van der Waals surface area contributed by atoms with E-state index in [1.807, 2.05) is 42.5 Å². The van der Waals surface area contributed by atoms with E-state index in [2.05, 4.69) is 29.3 Å². The van der Waals surface area contributed by atoms with Gasteiger partial charge in [0.15, 0.2) is 11.5 Å². The van der Waals surface area contributed by atoms with E-state index < -0.39 is 0 Å². The number of hydrogen-bond donors (Lipinski definition) is 1. The summed E-state index contributed by atoms with van der Waals surface area (Å²) >= 11 is 1.64. The number of rotatable bonds is 8. The number of morpholine rings is 1. The van der Waals surface area contributed by atoms with Crippen molar-refractivity contribution in [2.24, 2.45) is 0 Å². The summed E-state index contributed by atoms with van der Waals surface area (Å²) in [6.45, 7) is 5.11. The van der Waals surface area contributed by atoms with Crippen molar-refractivity contribution in [2.75, 3.05) is 45.8 Å². The van der Waals surface area contributed by atoms with Gasteiger partial charge in [0.1, 0.15) is 5.00 Å². The fraction of sp³-hybridized carbons (Fsp3) is 0.346. The van der Waals surface area contributed by atoms with Gasteiger partial charge in [0, 0.05) is 29.1 Å². The van der Waals surface area contributed by atoms with Crippen molar-refractivity contribution in [3.05, 3.63) is 76.2 Å². The van der Waals surface area contributed by atoms with Crippen LogP contribution in [0.3, 0.4) is 0 Å². The SMILES string of the molecule is CCc1cc([C@@H](c2ccc(OC)c(OC)c2)N2CCOCC2)c(NC(=O)c2ccccc2)s1. The molecule has 1 aliphatic heterocycles. The lowest BCUT2D eigenvalue weighted by Crippen LogP contribution is -2.39. The van der Waals surface area contributed by atoms with E-state index in [9.17, 15) is 4.79 Å². The maximum atomic E-state index is 13.0. The molecule has 2 aromatic carbocycles. The second kappa shape index (κ2) is 10.8. The van der Waals surface area contributed by atoms with E-state index in [4.69, 9.17) is 14.2 Å². The molecule has 1 amide bonds. The second-order valence-electron chi connectivity index (χ2n) is 7.84. The Balaban J connectivity index is 1.77. The summed E-state index contributed by atoms with van der Waals surface area (Å²) in [5.74, 6) is 1.28. The molecular weight excluding hydrogens is 436 g/mol. The first kappa shape index (κ1) is 23.3. The normalized spacial score (nSPS) is 15.1. The molecule has 1 fully saturated rings. The average Bonchev–Trinajstić information content (AvgIpc) is 3.27. The van der Waals surface area contributed by atoms with Gasteiger partial charge in [-0.25, -0.2) is 0 Å². The summed E-state index contributed by atoms with van der Waals surface area (Å²) in [5, 5.41) is 4.07. The largest absolute Gasteiger partial charge is 0.493 e. The van der Waals surface area contributed by atoms with Gasteiger partial charge in [-0.15, -0.1) is 11.3 Å². The van der Waals surface area contributed by atoms with Crippen LogP contribution in [0.25, 0.3) is 0 Å². The van der Waals surface area contributed by atoms with Crippen LogP contribution in [0.4, 0.5) is 5.00 Å². The Kier molecular flexibility index (Phi) is 7.65. The van der Waals surface area contributed by atoms with E-state index in [1.165, 1.54) is 4.88 Å². The van der Waals surface area contributed by atoms with Crippen LogP contribution >= 0.6 is 11.3 Å². The number of amides is 1. The number of anilines is 1. The van der Waals surface area contributed by atoms with Gasteiger partial charge in [-0.05, 0) is 42.3 Å². The van der Waals surface area contributed by atoms with Crippen LogP contribution in [0.5, 0.6) is 11.5 Å². The molecule has 0 unspecified atom stereocenters. The first-order valence-electron chi connectivity index (χ1n) is 11.2. The van der Waals surface area contributed by atoms with Gasteiger partial charge < -0.3 is 19.5 Å². The second-order valence-corrected chi connectivity index (χ2v) is 8.97. The van der Waals surface area contributed by atoms with Crippen LogP contribution in [0.1, 0.15) is 39.3 Å². The third-order valence-electron chi connectivity index (χ3n) is 5.85. The highest BCUT2D eigenvalue weighted by atomic mass is 32.1. The van der Waals surface area contributed by atoms with Crippen LogP contribution in [-0.4, -0.2) is 51.3 Å². The lowest BCUT2D eigenvalue weighted by atomic mass is 9.97. The zero-order valence-electron chi connectivity index (χ0n) is 19.3. The molecule has 7 heteroatoms. The molecule has 1 aromatic heterocycles. The number of carbonyl (C=O) groups excluding carboxylic acids is 1. The highest BCUT2D eigenvalue weighted by Crippen LogP contribution is 2.42. The summed E-state index contributed by atoms with van der Waals surface area (Å²) < 4.78 is 16.7. The van der Waals surface area contributed by atoms with E-state index in [-0.39, 0.29) is 11.9 Å². The van der Waals surface area contributed by atoms with E-state index in [0.29, 0.717) is 30.3 Å². The minimum atomic E-state index is -0.102. The van der Waals surface area contributed by atoms with Crippen molar-refractivity contribution in [1.82, 2.24) is 4.90 Å². The molecule has 1 atom stereocenters. The third-order valence-corrected chi connectivity index (χ3v) is 7.06. The first-order chi connectivity index (χ1) is 16.1. The number of aryl methyl sites for hydroxylation is 1. The number of nitrogens with one attached hydrogen (secondary N) is 1. The highest BCUT2D eigenvalue weighted by molar-refractivity contribution is 7.16. The van der Waals surface area contributed by atoms with Crippen LogP contribution in [0, 0.1) is 0 Å². The number of benzene rings is 2. The van der Waals surface area contributed by atoms with Crippen LogP contribution in [0.2, 0.25) is 0 Å². The molecule has 6 nitrogen and oxygen atoms in total. The Morgan fingerprint density at radius 3 is 2.45 bits per heavy atom. The molecule has 0 bridgehead atoms. The molecule has 1 aliphatic rings. The van der Waals surface area contributed by atoms with Crippen molar-refractivity contribution < 1.29 is 19.0 Å². The summed E-state index contributed by atoms with van der Waals surface area (Å²) in [5.41, 5.74) is 2.82. The van der Waals surface area contributed by atoms with Crippen molar-refractivity contribution in [3.8, 4) is 11.5 Å². The van der Waals surface area contributed by atoms with Gasteiger partial charge in [-0.3, -0.25) is 9.69 Å². The Hall–Kier alpha value is -2.87. The summed E-state index contributed by atoms with van der Waals surface area (Å²) in [6.07, 6.45) is 0.903. The Labute approximate surface area is 199 Å². The van der Waals surface area contributed by atoms with E-state index in [0.717, 1.165) is 35.6 Å². The minimum Gasteiger partial charge on any atom is -0.493 e. The van der Waals surface area contributed by atoms with Crippen molar-refractivity contribution in [1.29, 1.82) is 0 Å². The van der Waals surface area contributed by atoms with Gasteiger partial charge >= 0.3 is 0 Å². The van der Waals surface area contributed by atoms with Crippen molar-refractivity contribution in [3.63, 3.8) is 0 Å². The molecule has 0 saturated carbocycles. The fourth-order valence-corrected chi connectivity index (χ4v) is 5.17. The third kappa shape index (κ3) is 5.21. The van der Waals surface area contributed by atoms with Crippen LogP contribution < -0.4 is 14.8 Å². The maximum absolute atomic E-state index is 13.0. The monoisotopic (exact) mass is 466 g/mol. The molecule has 1 N–H and O–H groups in total. The molecule has 0 spiro atoms. The molecular formula is C26H30N2O4S. The Morgan fingerprint density at radius 2 is 1.79 bits per heavy atom. The quantitative estimate of drug-likeness (QED) is 0.506. The van der Waals surface area contributed by atoms with Gasteiger partial charge in [-0.1, -0.05) is 31.2 Å². The number of nitrogens with zero attached hydrogens (tertiary/aromatic N) is 1. The van der Waals surface area contributed by atoms with Gasteiger partial charge in [0.05, 0.1) is 33.5 Å². The number of carbonyl (C=O) groups is 1. The topological polar surface area (TPSA) is 60.0 Å². The molecule has 2 heterocycles. The standard InChI is InChI=1S/C26H30N2O4S/c1-4-20-17-21(26(33-20)27-25(29)18-8-6-5-7-9-18)24(28-12-14-32-15-13-28)19-10-11-22(30-2)23(16-19)31-3/h5-11,16-17,24H,4,12-15H2,1-3H3,(H,27,29)/t24-/m1/s1. The molecule has 33 heavy (non-hydrogen) atoms. The lowest BCUT2D eigenvalue weighted by Gasteiger charge is -2.35. The Bertz CT molecular complexity index is 1080. The number of ether oxygens (including phenoxy) is 3. The zero-order valence-corrected chi connectivity index (χ0v) is 20.1. The minimum absolute atomic E-state index is 0.0451. The van der Waals surface area contributed by atoms with Crippen molar-refractivity contribution in [2.45, 2.75) is 19.4 Å². The predicted molar refractivity (Wildman–Crippen MR) is 132 cm³/mol. The number of hydrogen-bond acceptors (Lipinski definition) is 6. The Morgan fingerprint density at radius 1 is 1.06 bits per heavy atom. The average molecular weight is 467 g/mol. The molecule has 0 radical (unpaired) electrons. The zero-order chi connectivity index (χ0) is 23.2. The molecule has 174 valence electrons. The van der Waals surface area contributed by atoms with E-state index in [1.54, 1.807) is 25.6 Å². The first-order valence-corrected chi connectivity index (χ1v) is 12.0. The summed E-state index contributed by atoms with van der Waals surface area (Å²) in [7, 11) is 3.29. The van der Waals surface area contributed by atoms with Gasteiger partial charge in [-0.2, -0.15) is 0 Å². The fourth-order valence-electron chi connectivity index (χ4n) is 4.14. The number of methoxy groups -OCH3 is 2. The summed E-state index contributed by atoms with van der Waals surface area (Å²) in [6, 6.07) is 17.6. The van der Waals surface area contributed by atoms with Gasteiger partial charge in [0.25, 0.3) is 5.91 Å². The lowest BCUT2D eigenvalue weighted by molar-refractivity contribution is 0.0241. The smallest absolute Gasteiger partial charge is 0.256 e. The number of thiophene rings is 1. The highest BCUT2D eigenvalue weighted by Gasteiger charge is 2.29. The summed E-state index contributed by atoms with van der Waals surface area (Å²) in [4.78, 5) is 16.6. The molecule has 4 rings (SSSR count). The predicted octanol–water partition coefficient (Wildman–Crippen LogP) is 5.00. The maximum Gasteiger partial charge on any atom is 0.256 e. The van der Waals surface area contributed by atoms with Crippen LogP contribution in [-0.2, 0) is 11.2 Å². The van der Waals surface area contributed by atoms with Crippen LogP contribution in [0.15, 0.2) is 54.6 Å². The molecule has 3 aromatic rings. The molecule has 1 saturated heterocycles. The van der Waals surface area contributed by atoms with Gasteiger partial charge in [0.2, 0.25) is 0 Å².